The average Bonchev–Trinajstić information content (AvgIpc) is 2.47. The number of nitrogens with one attached hydrogen (secondary N) is 1. The highest BCUT2D eigenvalue weighted by atomic mass is 16.5. The SMILES string of the molecule is Cc1cccc(Oc2cc(Nc3cccc(N)n3)ncn2)c1. The number of rotatable bonds is 4. The Morgan fingerprint density at radius 1 is 1.00 bits per heavy atom. The molecule has 6 nitrogen and oxygen atoms in total. The third kappa shape index (κ3) is 3.49. The molecule has 0 saturated carbocycles. The molecule has 0 amide bonds. The van der Waals surface area contributed by atoms with Crippen LogP contribution in [0.15, 0.2) is 54.9 Å². The summed E-state index contributed by atoms with van der Waals surface area (Å²) in [6.07, 6.45) is 1.43. The van der Waals surface area contributed by atoms with Gasteiger partial charge >= 0.3 is 0 Å². The molecule has 0 aliphatic carbocycles. The lowest BCUT2D eigenvalue weighted by Gasteiger charge is -2.08. The number of nitrogens with two attached hydrogens (primary N) is 1. The van der Waals surface area contributed by atoms with E-state index < -0.39 is 0 Å². The average molecular weight is 293 g/mol. The summed E-state index contributed by atoms with van der Waals surface area (Å²) in [5, 5.41) is 3.06. The van der Waals surface area contributed by atoms with Gasteiger partial charge in [0, 0.05) is 6.07 Å². The van der Waals surface area contributed by atoms with Gasteiger partial charge in [0.15, 0.2) is 0 Å². The van der Waals surface area contributed by atoms with Crippen molar-refractivity contribution in [2.75, 3.05) is 11.1 Å². The van der Waals surface area contributed by atoms with Crippen molar-refractivity contribution in [2.24, 2.45) is 0 Å². The fourth-order valence-electron chi connectivity index (χ4n) is 1.92. The third-order valence-electron chi connectivity index (χ3n) is 2.88. The van der Waals surface area contributed by atoms with Crippen molar-refractivity contribution in [1.29, 1.82) is 0 Å². The molecule has 0 atom stereocenters. The van der Waals surface area contributed by atoms with Gasteiger partial charge in [0.25, 0.3) is 0 Å². The molecule has 0 spiro atoms. The van der Waals surface area contributed by atoms with Crippen LogP contribution in [0.1, 0.15) is 5.56 Å². The van der Waals surface area contributed by atoms with Crippen molar-refractivity contribution >= 4 is 17.5 Å². The maximum atomic E-state index is 5.73. The summed E-state index contributed by atoms with van der Waals surface area (Å²) in [6, 6.07) is 14.8. The normalized spacial score (nSPS) is 10.2. The number of hydrogen-bond acceptors (Lipinski definition) is 6. The Morgan fingerprint density at radius 2 is 1.86 bits per heavy atom. The molecular weight excluding hydrogens is 278 g/mol. The van der Waals surface area contributed by atoms with Gasteiger partial charge in [0.05, 0.1) is 0 Å². The number of aryl methyl sites for hydroxylation is 1. The molecule has 110 valence electrons. The smallest absolute Gasteiger partial charge is 0.224 e. The standard InChI is InChI=1S/C16H15N5O/c1-11-4-2-5-12(8-11)22-16-9-15(18-10-19-16)21-14-7-3-6-13(17)20-14/h2-10H,1H3,(H3,17,18,19,20,21). The molecule has 2 heterocycles. The number of aromatic nitrogens is 3. The second-order valence-corrected chi connectivity index (χ2v) is 4.73. The minimum atomic E-state index is 0.440. The van der Waals surface area contributed by atoms with E-state index in [1.54, 1.807) is 18.2 Å². The number of benzene rings is 1. The highest BCUT2D eigenvalue weighted by Crippen LogP contribution is 2.22. The molecule has 0 saturated heterocycles. The van der Waals surface area contributed by atoms with E-state index in [-0.39, 0.29) is 0 Å². The molecule has 2 aromatic heterocycles. The zero-order valence-electron chi connectivity index (χ0n) is 12.0. The molecule has 0 bridgehead atoms. The molecule has 3 N–H and O–H groups in total. The molecule has 1 aromatic carbocycles. The van der Waals surface area contributed by atoms with E-state index >= 15 is 0 Å². The van der Waals surface area contributed by atoms with Crippen molar-refractivity contribution in [3.63, 3.8) is 0 Å². The van der Waals surface area contributed by atoms with E-state index in [1.165, 1.54) is 6.33 Å². The van der Waals surface area contributed by atoms with Gasteiger partial charge in [-0.2, -0.15) is 0 Å². The number of anilines is 3. The Hall–Kier alpha value is -3.15. The molecule has 0 unspecified atom stereocenters. The summed E-state index contributed by atoms with van der Waals surface area (Å²) in [4.78, 5) is 12.4. The summed E-state index contributed by atoms with van der Waals surface area (Å²) < 4.78 is 5.73. The Bertz CT molecular complexity index is 728. The maximum Gasteiger partial charge on any atom is 0.224 e. The van der Waals surface area contributed by atoms with Gasteiger partial charge in [0.2, 0.25) is 5.88 Å². The zero-order chi connectivity index (χ0) is 15.4. The van der Waals surface area contributed by atoms with Gasteiger partial charge < -0.3 is 15.8 Å². The van der Waals surface area contributed by atoms with E-state index in [0.717, 1.165) is 11.3 Å². The molecule has 0 aliphatic rings. The summed E-state index contributed by atoms with van der Waals surface area (Å²) in [6.45, 7) is 2.01. The molecule has 3 rings (SSSR count). The number of ether oxygens (including phenoxy) is 1. The van der Waals surface area contributed by atoms with Crippen LogP contribution in [0, 0.1) is 6.92 Å². The predicted molar refractivity (Wildman–Crippen MR) is 85.2 cm³/mol. The fourth-order valence-corrected chi connectivity index (χ4v) is 1.92. The van der Waals surface area contributed by atoms with Crippen LogP contribution >= 0.6 is 0 Å². The number of pyridine rings is 1. The first-order chi connectivity index (χ1) is 10.7. The van der Waals surface area contributed by atoms with Crippen molar-refractivity contribution in [3.8, 4) is 11.6 Å². The van der Waals surface area contributed by atoms with Crippen LogP contribution in [0.2, 0.25) is 0 Å². The first-order valence-corrected chi connectivity index (χ1v) is 6.75. The van der Waals surface area contributed by atoms with E-state index in [2.05, 4.69) is 20.3 Å². The van der Waals surface area contributed by atoms with Gasteiger partial charge in [-0.05, 0) is 36.8 Å². The fraction of sp³-hybridized carbons (Fsp3) is 0.0625. The Balaban J connectivity index is 1.78. The van der Waals surface area contributed by atoms with E-state index in [9.17, 15) is 0 Å². The quantitative estimate of drug-likeness (QED) is 0.767. The van der Waals surface area contributed by atoms with Crippen LogP contribution in [0.4, 0.5) is 17.5 Å². The predicted octanol–water partition coefficient (Wildman–Crippen LogP) is 3.30. The largest absolute Gasteiger partial charge is 0.439 e. The summed E-state index contributed by atoms with van der Waals surface area (Å²) >= 11 is 0. The number of nitrogen functional groups attached to an aromatic ring is 1. The van der Waals surface area contributed by atoms with Crippen molar-refractivity contribution in [3.05, 3.63) is 60.4 Å². The van der Waals surface area contributed by atoms with Crippen molar-refractivity contribution < 1.29 is 4.74 Å². The minimum absolute atomic E-state index is 0.440. The zero-order valence-corrected chi connectivity index (χ0v) is 12.0. The van der Waals surface area contributed by atoms with Crippen molar-refractivity contribution in [1.82, 2.24) is 15.0 Å². The van der Waals surface area contributed by atoms with Gasteiger partial charge in [0.1, 0.15) is 29.5 Å². The highest BCUT2D eigenvalue weighted by molar-refractivity contribution is 5.54. The molecule has 22 heavy (non-hydrogen) atoms. The molecular formula is C16H15N5O. The molecule has 3 aromatic rings. The molecule has 6 heteroatoms. The lowest BCUT2D eigenvalue weighted by Crippen LogP contribution is -1.99. The van der Waals surface area contributed by atoms with Gasteiger partial charge in [-0.1, -0.05) is 18.2 Å². The lowest BCUT2D eigenvalue weighted by atomic mass is 10.2. The minimum Gasteiger partial charge on any atom is -0.439 e. The van der Waals surface area contributed by atoms with Crippen LogP contribution in [-0.4, -0.2) is 15.0 Å². The molecule has 0 aliphatic heterocycles. The number of hydrogen-bond donors (Lipinski definition) is 2. The van der Waals surface area contributed by atoms with Crippen LogP contribution in [0.5, 0.6) is 11.6 Å². The summed E-state index contributed by atoms with van der Waals surface area (Å²) in [5.74, 6) is 2.81. The van der Waals surface area contributed by atoms with Crippen molar-refractivity contribution in [2.45, 2.75) is 6.92 Å². The Labute approximate surface area is 128 Å². The van der Waals surface area contributed by atoms with E-state index in [0.29, 0.717) is 23.3 Å². The molecule has 0 fully saturated rings. The van der Waals surface area contributed by atoms with Gasteiger partial charge in [-0.15, -0.1) is 0 Å². The monoisotopic (exact) mass is 293 g/mol. The summed E-state index contributed by atoms with van der Waals surface area (Å²) in [5.41, 5.74) is 6.77. The van der Waals surface area contributed by atoms with E-state index in [4.69, 9.17) is 10.5 Å². The van der Waals surface area contributed by atoms with Crippen LogP contribution in [0.25, 0.3) is 0 Å². The first kappa shape index (κ1) is 13.8. The molecule has 0 radical (unpaired) electrons. The Morgan fingerprint density at radius 3 is 2.68 bits per heavy atom. The Kier molecular flexibility index (Phi) is 3.82. The van der Waals surface area contributed by atoms with Crippen LogP contribution in [-0.2, 0) is 0 Å². The van der Waals surface area contributed by atoms with Gasteiger partial charge in [-0.25, -0.2) is 15.0 Å². The van der Waals surface area contributed by atoms with Crippen LogP contribution < -0.4 is 15.8 Å². The highest BCUT2D eigenvalue weighted by Gasteiger charge is 2.03. The van der Waals surface area contributed by atoms with Gasteiger partial charge in [-0.3, -0.25) is 0 Å². The maximum absolute atomic E-state index is 5.73. The third-order valence-corrected chi connectivity index (χ3v) is 2.88. The summed E-state index contributed by atoms with van der Waals surface area (Å²) in [7, 11) is 0. The first-order valence-electron chi connectivity index (χ1n) is 6.75. The number of nitrogens with zero attached hydrogens (tertiary/aromatic N) is 3. The van der Waals surface area contributed by atoms with Crippen LogP contribution in [0.3, 0.4) is 0 Å². The second kappa shape index (κ2) is 6.09. The lowest BCUT2D eigenvalue weighted by molar-refractivity contribution is 0.461. The second-order valence-electron chi connectivity index (χ2n) is 4.73. The topological polar surface area (TPSA) is 86.0 Å². The van der Waals surface area contributed by atoms with E-state index in [1.807, 2.05) is 37.3 Å².